The van der Waals surface area contributed by atoms with Crippen LogP contribution in [-0.2, 0) is 6.42 Å². The standard InChI is InChI=1S/C21H22N4O4/c1-13-10-16-18(11-21(2,3)12-19(16)29-13)22-20(26)17-8-9-24(23-17)14-4-6-15(7-5-14)25(27)28/h4-10,18H,11-12H2,1-3H3,(H,22,26). The molecule has 1 N–H and O–H groups in total. The first-order valence-electron chi connectivity index (χ1n) is 9.42. The Morgan fingerprint density at radius 2 is 2.03 bits per heavy atom. The minimum absolute atomic E-state index is 0.00463. The lowest BCUT2D eigenvalue weighted by atomic mass is 9.74. The molecule has 2 aromatic heterocycles. The van der Waals surface area contributed by atoms with Crippen LogP contribution in [0, 0.1) is 22.5 Å². The number of furan rings is 1. The number of aryl methyl sites for hydroxylation is 1. The summed E-state index contributed by atoms with van der Waals surface area (Å²) in [7, 11) is 0. The van der Waals surface area contributed by atoms with Crippen molar-refractivity contribution in [3.05, 3.63) is 75.5 Å². The van der Waals surface area contributed by atoms with Gasteiger partial charge in [0.2, 0.25) is 0 Å². The summed E-state index contributed by atoms with van der Waals surface area (Å²) < 4.78 is 7.35. The van der Waals surface area contributed by atoms with E-state index in [1.54, 1.807) is 24.4 Å². The number of amides is 1. The molecule has 0 aliphatic heterocycles. The van der Waals surface area contributed by atoms with Gasteiger partial charge in [-0.3, -0.25) is 14.9 Å². The van der Waals surface area contributed by atoms with Crippen LogP contribution in [0.3, 0.4) is 0 Å². The summed E-state index contributed by atoms with van der Waals surface area (Å²) in [6.07, 6.45) is 3.32. The molecule has 0 spiro atoms. The number of aromatic nitrogens is 2. The molecule has 0 bridgehead atoms. The first-order chi connectivity index (χ1) is 13.7. The van der Waals surface area contributed by atoms with E-state index in [4.69, 9.17) is 4.42 Å². The van der Waals surface area contributed by atoms with Gasteiger partial charge in [0.25, 0.3) is 11.6 Å². The largest absolute Gasteiger partial charge is 0.466 e. The van der Waals surface area contributed by atoms with Gasteiger partial charge in [-0.2, -0.15) is 5.10 Å². The Morgan fingerprint density at radius 1 is 1.31 bits per heavy atom. The normalized spacial score (nSPS) is 17.6. The number of carbonyl (C=O) groups excluding carboxylic acids is 1. The van der Waals surface area contributed by atoms with Gasteiger partial charge >= 0.3 is 0 Å². The number of fused-ring (bicyclic) bond motifs is 1. The minimum atomic E-state index is -0.455. The Balaban J connectivity index is 1.53. The van der Waals surface area contributed by atoms with Gasteiger partial charge < -0.3 is 9.73 Å². The van der Waals surface area contributed by atoms with Crippen LogP contribution < -0.4 is 5.32 Å². The van der Waals surface area contributed by atoms with Crippen molar-refractivity contribution in [3.8, 4) is 5.69 Å². The zero-order valence-corrected chi connectivity index (χ0v) is 16.5. The Kier molecular flexibility index (Phi) is 4.49. The van der Waals surface area contributed by atoms with Crippen molar-refractivity contribution in [2.75, 3.05) is 0 Å². The highest BCUT2D eigenvalue weighted by molar-refractivity contribution is 5.92. The summed E-state index contributed by atoms with van der Waals surface area (Å²) in [5.74, 6) is 1.51. The zero-order chi connectivity index (χ0) is 20.8. The molecule has 8 heteroatoms. The van der Waals surface area contributed by atoms with Gasteiger partial charge in [-0.25, -0.2) is 4.68 Å². The second-order valence-electron chi connectivity index (χ2n) is 8.23. The van der Waals surface area contributed by atoms with E-state index in [1.165, 1.54) is 16.8 Å². The van der Waals surface area contributed by atoms with E-state index in [9.17, 15) is 14.9 Å². The monoisotopic (exact) mass is 394 g/mol. The fourth-order valence-electron chi connectivity index (χ4n) is 3.86. The van der Waals surface area contributed by atoms with Crippen LogP contribution in [0.5, 0.6) is 0 Å². The van der Waals surface area contributed by atoms with Crippen LogP contribution in [0.2, 0.25) is 0 Å². The predicted molar refractivity (Wildman–Crippen MR) is 106 cm³/mol. The summed E-state index contributed by atoms with van der Waals surface area (Å²) >= 11 is 0. The molecule has 1 atom stereocenters. The number of nitrogens with one attached hydrogen (secondary N) is 1. The molecule has 2 heterocycles. The van der Waals surface area contributed by atoms with E-state index in [-0.39, 0.29) is 28.7 Å². The number of benzene rings is 1. The molecule has 0 saturated heterocycles. The van der Waals surface area contributed by atoms with Crippen LogP contribution in [0.1, 0.15) is 53.9 Å². The van der Waals surface area contributed by atoms with Crippen LogP contribution >= 0.6 is 0 Å². The summed E-state index contributed by atoms with van der Waals surface area (Å²) in [5.41, 5.74) is 1.98. The molecule has 3 aromatic rings. The topological polar surface area (TPSA) is 103 Å². The fraction of sp³-hybridized carbons (Fsp3) is 0.333. The number of hydrogen-bond donors (Lipinski definition) is 1. The van der Waals surface area contributed by atoms with Crippen molar-refractivity contribution in [1.82, 2.24) is 15.1 Å². The maximum absolute atomic E-state index is 12.8. The Morgan fingerprint density at radius 3 is 2.72 bits per heavy atom. The summed E-state index contributed by atoms with van der Waals surface area (Å²) in [6.45, 7) is 6.24. The molecular weight excluding hydrogens is 372 g/mol. The van der Waals surface area contributed by atoms with Crippen molar-refractivity contribution < 1.29 is 14.1 Å². The Hall–Kier alpha value is -3.42. The van der Waals surface area contributed by atoms with Crippen LogP contribution in [0.15, 0.2) is 47.0 Å². The quantitative estimate of drug-likeness (QED) is 0.529. The Labute approximate surface area is 167 Å². The number of hydrogen-bond acceptors (Lipinski definition) is 5. The number of rotatable bonds is 4. The summed E-state index contributed by atoms with van der Waals surface area (Å²) in [6, 6.07) is 9.49. The third kappa shape index (κ3) is 3.78. The van der Waals surface area contributed by atoms with E-state index in [0.717, 1.165) is 29.9 Å². The molecule has 0 radical (unpaired) electrons. The number of carbonyl (C=O) groups is 1. The number of nitro benzene ring substituents is 1. The van der Waals surface area contributed by atoms with Gasteiger partial charge in [0.15, 0.2) is 5.69 Å². The molecule has 8 nitrogen and oxygen atoms in total. The van der Waals surface area contributed by atoms with Gasteiger partial charge in [0.05, 0.1) is 16.7 Å². The lowest BCUT2D eigenvalue weighted by Crippen LogP contribution is -2.36. The zero-order valence-electron chi connectivity index (χ0n) is 16.5. The Bertz CT molecular complexity index is 1080. The smallest absolute Gasteiger partial charge is 0.272 e. The van der Waals surface area contributed by atoms with Crippen molar-refractivity contribution in [2.45, 2.75) is 39.7 Å². The number of non-ortho nitro benzene ring substituents is 1. The molecule has 0 saturated carbocycles. The van der Waals surface area contributed by atoms with Crippen LogP contribution in [-0.4, -0.2) is 20.6 Å². The van der Waals surface area contributed by atoms with Gasteiger partial charge in [0.1, 0.15) is 11.5 Å². The lowest BCUT2D eigenvalue weighted by Gasteiger charge is -2.34. The second-order valence-corrected chi connectivity index (χ2v) is 8.23. The SMILES string of the molecule is Cc1cc2c(o1)CC(C)(C)CC2NC(=O)c1ccn(-c2ccc([N+](=O)[O-])cc2)n1. The maximum atomic E-state index is 12.8. The molecule has 1 aromatic carbocycles. The fourth-order valence-corrected chi connectivity index (χ4v) is 3.86. The van der Waals surface area contributed by atoms with Gasteiger partial charge in [0, 0.05) is 30.3 Å². The molecule has 1 amide bonds. The molecule has 4 rings (SSSR count). The third-order valence-electron chi connectivity index (χ3n) is 5.19. The molecule has 1 aliphatic carbocycles. The van der Waals surface area contributed by atoms with E-state index in [0.29, 0.717) is 5.69 Å². The van der Waals surface area contributed by atoms with Gasteiger partial charge in [-0.15, -0.1) is 0 Å². The van der Waals surface area contributed by atoms with Gasteiger partial charge in [-0.05, 0) is 43.0 Å². The number of nitrogens with zero attached hydrogens (tertiary/aromatic N) is 3. The van der Waals surface area contributed by atoms with Crippen LogP contribution in [0.4, 0.5) is 5.69 Å². The van der Waals surface area contributed by atoms with Crippen molar-refractivity contribution in [2.24, 2.45) is 5.41 Å². The third-order valence-corrected chi connectivity index (χ3v) is 5.19. The molecular formula is C21H22N4O4. The van der Waals surface area contributed by atoms with E-state index in [1.807, 2.05) is 13.0 Å². The molecule has 0 fully saturated rings. The molecule has 150 valence electrons. The average Bonchev–Trinajstić information content (AvgIpc) is 3.27. The van der Waals surface area contributed by atoms with Crippen molar-refractivity contribution >= 4 is 11.6 Å². The van der Waals surface area contributed by atoms with Crippen molar-refractivity contribution in [1.29, 1.82) is 0 Å². The highest BCUT2D eigenvalue weighted by atomic mass is 16.6. The van der Waals surface area contributed by atoms with Crippen molar-refractivity contribution in [3.63, 3.8) is 0 Å². The highest BCUT2D eigenvalue weighted by Gasteiger charge is 2.35. The molecule has 1 unspecified atom stereocenters. The minimum Gasteiger partial charge on any atom is -0.466 e. The van der Waals surface area contributed by atoms with Crippen LogP contribution in [0.25, 0.3) is 5.69 Å². The van der Waals surface area contributed by atoms with E-state index in [2.05, 4.69) is 24.3 Å². The molecule has 1 aliphatic rings. The first kappa shape index (κ1) is 18.9. The van der Waals surface area contributed by atoms with E-state index < -0.39 is 4.92 Å². The summed E-state index contributed by atoms with van der Waals surface area (Å²) in [5, 5.41) is 18.2. The molecule has 29 heavy (non-hydrogen) atoms. The average molecular weight is 394 g/mol. The lowest BCUT2D eigenvalue weighted by molar-refractivity contribution is -0.384. The first-order valence-corrected chi connectivity index (χ1v) is 9.42. The number of nitro groups is 1. The summed E-state index contributed by atoms with van der Waals surface area (Å²) in [4.78, 5) is 23.2. The van der Waals surface area contributed by atoms with E-state index >= 15 is 0 Å². The predicted octanol–water partition coefficient (Wildman–Crippen LogP) is 4.13. The second kappa shape index (κ2) is 6.88. The highest BCUT2D eigenvalue weighted by Crippen LogP contribution is 2.42. The van der Waals surface area contributed by atoms with Gasteiger partial charge in [-0.1, -0.05) is 13.8 Å². The maximum Gasteiger partial charge on any atom is 0.272 e.